The number of rotatable bonds is 1. The van der Waals surface area contributed by atoms with E-state index in [2.05, 4.69) is 6.07 Å². The number of pyridine rings is 1. The Morgan fingerprint density at radius 2 is 1.89 bits per heavy atom. The van der Waals surface area contributed by atoms with Crippen LogP contribution in [0.1, 0.15) is 12.8 Å². The van der Waals surface area contributed by atoms with Gasteiger partial charge in [0.15, 0.2) is 0 Å². The van der Waals surface area contributed by atoms with Crippen LogP contribution in [0.2, 0.25) is 0 Å². The summed E-state index contributed by atoms with van der Waals surface area (Å²) in [5, 5.41) is 10.7. The van der Waals surface area contributed by atoms with E-state index in [0.717, 1.165) is 18.2 Å². The Bertz CT molecular complexity index is 803. The van der Waals surface area contributed by atoms with E-state index in [0.29, 0.717) is 16.7 Å². The number of nitriles is 1. The lowest BCUT2D eigenvalue weighted by atomic mass is 10.0. The molecule has 0 saturated carbocycles. The van der Waals surface area contributed by atoms with Gasteiger partial charge in [-0.05, 0) is 30.4 Å². The third kappa shape index (κ3) is 1.88. The van der Waals surface area contributed by atoms with Gasteiger partial charge in [0.25, 0.3) is 5.56 Å². The predicted molar refractivity (Wildman–Crippen MR) is 75.4 cm³/mol. The van der Waals surface area contributed by atoms with Crippen LogP contribution in [-0.4, -0.2) is 4.57 Å². The van der Waals surface area contributed by atoms with E-state index in [-0.39, 0.29) is 5.56 Å². The minimum atomic E-state index is -0.0765. The maximum absolute atomic E-state index is 12.5. The number of fused-ring (bicyclic) bond motifs is 1. The van der Waals surface area contributed by atoms with E-state index in [9.17, 15) is 4.79 Å². The molecule has 0 N–H and O–H groups in total. The predicted octanol–water partition coefficient (Wildman–Crippen LogP) is 3.09. The molecule has 3 rings (SSSR count). The second-order valence-corrected chi connectivity index (χ2v) is 4.47. The van der Waals surface area contributed by atoms with Crippen molar-refractivity contribution >= 4 is 16.5 Å². The highest BCUT2D eigenvalue weighted by atomic mass is 16.1. The first kappa shape index (κ1) is 11.5. The van der Waals surface area contributed by atoms with Crippen molar-refractivity contribution in [2.24, 2.45) is 0 Å². The summed E-state index contributed by atoms with van der Waals surface area (Å²) in [7, 11) is 0. The Labute approximate surface area is 110 Å². The SMILES string of the molecule is N#CC1=CCCC=C1n1ccc2ccccc2c1=O. The van der Waals surface area contributed by atoms with Crippen LogP contribution in [0.15, 0.2) is 59.0 Å². The molecule has 3 heteroatoms. The fourth-order valence-corrected chi connectivity index (χ4v) is 2.37. The lowest BCUT2D eigenvalue weighted by molar-refractivity contribution is 0.965. The third-order valence-electron chi connectivity index (χ3n) is 3.32. The van der Waals surface area contributed by atoms with Gasteiger partial charge in [-0.3, -0.25) is 9.36 Å². The van der Waals surface area contributed by atoms with Gasteiger partial charge in [0.1, 0.15) is 6.07 Å². The molecule has 0 aliphatic heterocycles. The molecule has 0 amide bonds. The van der Waals surface area contributed by atoms with Crippen molar-refractivity contribution in [3.8, 4) is 6.07 Å². The molecule has 0 bridgehead atoms. The van der Waals surface area contributed by atoms with Crippen molar-refractivity contribution in [2.75, 3.05) is 0 Å². The van der Waals surface area contributed by atoms with E-state index in [4.69, 9.17) is 5.26 Å². The van der Waals surface area contributed by atoms with Gasteiger partial charge in [-0.1, -0.05) is 30.4 Å². The quantitative estimate of drug-likeness (QED) is 0.778. The number of nitrogens with zero attached hydrogens (tertiary/aromatic N) is 2. The van der Waals surface area contributed by atoms with Gasteiger partial charge < -0.3 is 0 Å². The highest BCUT2D eigenvalue weighted by Crippen LogP contribution is 2.22. The molecule has 0 unspecified atom stereocenters. The lowest BCUT2D eigenvalue weighted by Crippen LogP contribution is -2.20. The monoisotopic (exact) mass is 248 g/mol. The molecular formula is C16H12N2O. The molecule has 92 valence electrons. The maximum atomic E-state index is 12.5. The molecule has 1 aromatic heterocycles. The minimum Gasteiger partial charge on any atom is -0.283 e. The standard InChI is InChI=1S/C16H12N2O/c17-11-13-6-2-4-8-15(13)18-10-9-12-5-1-3-7-14(12)16(18)19/h1,3,5-10H,2,4H2. The zero-order chi connectivity index (χ0) is 13.2. The average Bonchev–Trinajstić information content (AvgIpc) is 2.48. The second kappa shape index (κ2) is 4.58. The Hall–Kier alpha value is -2.60. The number of hydrogen-bond acceptors (Lipinski definition) is 2. The molecule has 0 spiro atoms. The van der Waals surface area contributed by atoms with Gasteiger partial charge in [0.2, 0.25) is 0 Å². The number of hydrogen-bond donors (Lipinski definition) is 0. The lowest BCUT2D eigenvalue weighted by Gasteiger charge is -2.14. The third-order valence-corrected chi connectivity index (χ3v) is 3.32. The summed E-state index contributed by atoms with van der Waals surface area (Å²) in [5.41, 5.74) is 1.19. The molecule has 2 aromatic rings. The molecule has 3 nitrogen and oxygen atoms in total. The van der Waals surface area contributed by atoms with Crippen LogP contribution in [0.4, 0.5) is 0 Å². The van der Waals surface area contributed by atoms with Gasteiger partial charge in [0.05, 0.1) is 11.3 Å². The first-order valence-corrected chi connectivity index (χ1v) is 6.23. The second-order valence-electron chi connectivity index (χ2n) is 4.47. The first-order chi connectivity index (χ1) is 9.31. The topological polar surface area (TPSA) is 45.8 Å². The Kier molecular flexibility index (Phi) is 2.77. The molecule has 0 fully saturated rings. The van der Waals surface area contributed by atoms with Crippen molar-refractivity contribution in [1.82, 2.24) is 4.57 Å². The van der Waals surface area contributed by atoms with Crippen LogP contribution in [0.3, 0.4) is 0 Å². The normalized spacial score (nSPS) is 14.7. The van der Waals surface area contributed by atoms with Crippen LogP contribution >= 0.6 is 0 Å². The molecule has 0 atom stereocenters. The van der Waals surface area contributed by atoms with Crippen molar-refractivity contribution < 1.29 is 0 Å². The summed E-state index contributed by atoms with van der Waals surface area (Å²) >= 11 is 0. The fraction of sp³-hybridized carbons (Fsp3) is 0.125. The molecule has 1 aromatic carbocycles. The number of benzene rings is 1. The maximum Gasteiger partial charge on any atom is 0.262 e. The average molecular weight is 248 g/mol. The zero-order valence-electron chi connectivity index (χ0n) is 10.3. The van der Waals surface area contributed by atoms with Crippen LogP contribution in [0.25, 0.3) is 16.5 Å². The van der Waals surface area contributed by atoms with E-state index in [1.54, 1.807) is 10.8 Å². The summed E-state index contributed by atoms with van der Waals surface area (Å²) in [5.74, 6) is 0. The van der Waals surface area contributed by atoms with Gasteiger partial charge in [-0.25, -0.2) is 0 Å². The fourth-order valence-electron chi connectivity index (χ4n) is 2.37. The molecule has 1 aliphatic rings. The van der Waals surface area contributed by atoms with Crippen LogP contribution in [0.5, 0.6) is 0 Å². The van der Waals surface area contributed by atoms with Crippen molar-refractivity contribution in [2.45, 2.75) is 12.8 Å². The Balaban J connectivity index is 2.25. The van der Waals surface area contributed by atoms with Crippen molar-refractivity contribution in [3.63, 3.8) is 0 Å². The molecule has 1 heterocycles. The van der Waals surface area contributed by atoms with Crippen LogP contribution in [0, 0.1) is 11.3 Å². The first-order valence-electron chi connectivity index (χ1n) is 6.23. The number of allylic oxidation sites excluding steroid dienone is 4. The summed E-state index contributed by atoms with van der Waals surface area (Å²) < 4.78 is 1.57. The highest BCUT2D eigenvalue weighted by Gasteiger charge is 2.12. The number of aromatic nitrogens is 1. The van der Waals surface area contributed by atoms with Crippen molar-refractivity contribution in [1.29, 1.82) is 5.26 Å². The van der Waals surface area contributed by atoms with Gasteiger partial charge in [-0.2, -0.15) is 5.26 Å². The molecular weight excluding hydrogens is 236 g/mol. The molecule has 0 radical (unpaired) electrons. The van der Waals surface area contributed by atoms with Crippen LogP contribution < -0.4 is 5.56 Å². The molecule has 19 heavy (non-hydrogen) atoms. The highest BCUT2D eigenvalue weighted by molar-refractivity contribution is 5.83. The zero-order valence-corrected chi connectivity index (χ0v) is 10.3. The van der Waals surface area contributed by atoms with Gasteiger partial charge >= 0.3 is 0 Å². The van der Waals surface area contributed by atoms with E-state index in [1.165, 1.54) is 0 Å². The molecule has 0 saturated heterocycles. The summed E-state index contributed by atoms with van der Waals surface area (Å²) in [6, 6.07) is 11.6. The summed E-state index contributed by atoms with van der Waals surface area (Å²) in [6.45, 7) is 0. The smallest absolute Gasteiger partial charge is 0.262 e. The Morgan fingerprint density at radius 3 is 2.74 bits per heavy atom. The van der Waals surface area contributed by atoms with Crippen LogP contribution in [-0.2, 0) is 0 Å². The van der Waals surface area contributed by atoms with Gasteiger partial charge in [0, 0.05) is 11.6 Å². The summed E-state index contributed by atoms with van der Waals surface area (Å²) in [4.78, 5) is 12.5. The summed E-state index contributed by atoms with van der Waals surface area (Å²) in [6.07, 6.45) is 7.30. The van der Waals surface area contributed by atoms with E-state index in [1.807, 2.05) is 42.5 Å². The Morgan fingerprint density at radius 1 is 1.11 bits per heavy atom. The van der Waals surface area contributed by atoms with Gasteiger partial charge in [-0.15, -0.1) is 0 Å². The largest absolute Gasteiger partial charge is 0.283 e. The van der Waals surface area contributed by atoms with E-state index >= 15 is 0 Å². The van der Waals surface area contributed by atoms with E-state index < -0.39 is 0 Å². The van der Waals surface area contributed by atoms with Crippen molar-refractivity contribution in [3.05, 3.63) is 64.6 Å². The minimum absolute atomic E-state index is 0.0765. The molecule has 1 aliphatic carbocycles.